The maximum absolute atomic E-state index is 12.3. The van der Waals surface area contributed by atoms with Crippen molar-refractivity contribution in [2.24, 2.45) is 5.92 Å². The van der Waals surface area contributed by atoms with Gasteiger partial charge in [-0.05, 0) is 24.8 Å². The van der Waals surface area contributed by atoms with Gasteiger partial charge in [-0.25, -0.2) is 0 Å². The van der Waals surface area contributed by atoms with E-state index in [4.69, 9.17) is 14.2 Å². The Kier molecular flexibility index (Phi) is 5.91. The molecule has 1 aliphatic rings. The highest BCUT2D eigenvalue weighted by Crippen LogP contribution is 2.44. The zero-order valence-electron chi connectivity index (χ0n) is 15.8. The number of methoxy groups -OCH3 is 3. The van der Waals surface area contributed by atoms with E-state index in [9.17, 15) is 4.79 Å². The first-order valence-electron chi connectivity index (χ1n) is 9.26. The number of H-pyrrole nitrogens is 1. The van der Waals surface area contributed by atoms with E-state index in [0.717, 1.165) is 35.7 Å². The van der Waals surface area contributed by atoms with Crippen LogP contribution in [-0.2, 0) is 11.2 Å². The van der Waals surface area contributed by atoms with Crippen molar-refractivity contribution in [1.82, 2.24) is 10.3 Å². The first-order valence-corrected chi connectivity index (χ1v) is 9.26. The molecule has 1 aromatic carbocycles. The molecule has 2 aromatic rings. The van der Waals surface area contributed by atoms with E-state index in [1.165, 1.54) is 19.3 Å². The molecule has 142 valence electrons. The summed E-state index contributed by atoms with van der Waals surface area (Å²) >= 11 is 0. The van der Waals surface area contributed by atoms with Gasteiger partial charge in [0.2, 0.25) is 11.7 Å². The average molecular weight is 360 g/mol. The number of carbonyl (C=O) groups is 1. The fourth-order valence-electron chi connectivity index (χ4n) is 3.85. The van der Waals surface area contributed by atoms with E-state index in [2.05, 4.69) is 10.3 Å². The van der Waals surface area contributed by atoms with Gasteiger partial charge in [-0.3, -0.25) is 4.79 Å². The van der Waals surface area contributed by atoms with Gasteiger partial charge in [-0.1, -0.05) is 19.3 Å². The third-order valence-electron chi connectivity index (χ3n) is 5.22. The summed E-state index contributed by atoms with van der Waals surface area (Å²) in [6, 6.07) is 1.90. The number of rotatable bonds is 7. The van der Waals surface area contributed by atoms with Crippen LogP contribution in [0.25, 0.3) is 10.9 Å². The largest absolute Gasteiger partial charge is 0.493 e. The summed E-state index contributed by atoms with van der Waals surface area (Å²) in [5.41, 5.74) is 2.01. The highest BCUT2D eigenvalue weighted by molar-refractivity contribution is 5.94. The molecule has 0 atom stereocenters. The van der Waals surface area contributed by atoms with E-state index in [0.29, 0.717) is 23.8 Å². The third-order valence-corrected chi connectivity index (χ3v) is 5.22. The minimum atomic E-state index is 0.186. The number of aromatic amines is 1. The lowest BCUT2D eigenvalue weighted by atomic mass is 9.88. The van der Waals surface area contributed by atoms with Crippen LogP contribution in [0.1, 0.15) is 37.7 Å². The van der Waals surface area contributed by atoms with Crippen molar-refractivity contribution in [3.63, 3.8) is 0 Å². The van der Waals surface area contributed by atoms with Crippen LogP contribution in [0, 0.1) is 5.92 Å². The number of amides is 1. The molecule has 3 rings (SSSR count). The molecule has 0 saturated heterocycles. The van der Waals surface area contributed by atoms with Crippen LogP contribution in [-0.4, -0.2) is 38.8 Å². The normalized spacial score (nSPS) is 15.0. The Morgan fingerprint density at radius 2 is 1.85 bits per heavy atom. The van der Waals surface area contributed by atoms with Gasteiger partial charge in [-0.2, -0.15) is 0 Å². The molecule has 1 aliphatic carbocycles. The molecule has 1 fully saturated rings. The molecule has 0 unspecified atom stereocenters. The maximum atomic E-state index is 12.3. The number of benzene rings is 1. The minimum Gasteiger partial charge on any atom is -0.493 e. The molecular formula is C20H28N2O4. The van der Waals surface area contributed by atoms with Crippen LogP contribution in [0.3, 0.4) is 0 Å². The van der Waals surface area contributed by atoms with Gasteiger partial charge in [0.15, 0.2) is 11.5 Å². The van der Waals surface area contributed by atoms with Crippen LogP contribution in [0.5, 0.6) is 17.2 Å². The van der Waals surface area contributed by atoms with E-state index in [-0.39, 0.29) is 11.8 Å². The fraction of sp³-hybridized carbons (Fsp3) is 0.550. The van der Waals surface area contributed by atoms with Crippen LogP contribution < -0.4 is 19.5 Å². The molecule has 26 heavy (non-hydrogen) atoms. The second-order valence-electron chi connectivity index (χ2n) is 6.76. The lowest BCUT2D eigenvalue weighted by Gasteiger charge is -2.20. The van der Waals surface area contributed by atoms with Gasteiger partial charge in [0.05, 0.1) is 26.8 Å². The first-order chi connectivity index (χ1) is 12.7. The van der Waals surface area contributed by atoms with Gasteiger partial charge in [0.1, 0.15) is 0 Å². The maximum Gasteiger partial charge on any atom is 0.223 e. The Morgan fingerprint density at radius 1 is 1.12 bits per heavy atom. The summed E-state index contributed by atoms with van der Waals surface area (Å²) in [5, 5.41) is 4.06. The summed E-state index contributed by atoms with van der Waals surface area (Å²) in [6.07, 6.45) is 8.31. The van der Waals surface area contributed by atoms with Crippen LogP contribution in [0.2, 0.25) is 0 Å². The van der Waals surface area contributed by atoms with E-state index in [1.807, 2.05) is 12.3 Å². The highest BCUT2D eigenvalue weighted by atomic mass is 16.5. The Balaban J connectivity index is 1.75. The molecule has 1 aromatic heterocycles. The topological polar surface area (TPSA) is 72.6 Å². The zero-order valence-corrected chi connectivity index (χ0v) is 15.8. The van der Waals surface area contributed by atoms with Crippen molar-refractivity contribution >= 4 is 16.8 Å². The van der Waals surface area contributed by atoms with Crippen molar-refractivity contribution in [1.29, 1.82) is 0 Å². The van der Waals surface area contributed by atoms with Crippen LogP contribution >= 0.6 is 0 Å². The minimum absolute atomic E-state index is 0.186. The number of carbonyl (C=O) groups excluding carboxylic acids is 1. The molecule has 0 aliphatic heterocycles. The molecule has 1 saturated carbocycles. The summed E-state index contributed by atoms with van der Waals surface area (Å²) in [5.74, 6) is 2.23. The second-order valence-corrected chi connectivity index (χ2v) is 6.76. The third kappa shape index (κ3) is 3.59. The number of ether oxygens (including phenoxy) is 3. The molecule has 6 nitrogen and oxygen atoms in total. The monoisotopic (exact) mass is 360 g/mol. The molecule has 1 heterocycles. The molecule has 6 heteroatoms. The Bertz CT molecular complexity index is 763. The molecule has 2 N–H and O–H groups in total. The fourth-order valence-corrected chi connectivity index (χ4v) is 3.85. The van der Waals surface area contributed by atoms with Gasteiger partial charge in [-0.15, -0.1) is 0 Å². The lowest BCUT2D eigenvalue weighted by Crippen LogP contribution is -2.33. The molecule has 0 bridgehead atoms. The Hall–Kier alpha value is -2.37. The number of fused-ring (bicyclic) bond motifs is 1. The first kappa shape index (κ1) is 18.4. The Labute approximate surface area is 154 Å². The number of aromatic nitrogens is 1. The van der Waals surface area contributed by atoms with Gasteiger partial charge in [0, 0.05) is 30.1 Å². The number of nitrogens with one attached hydrogen (secondary N) is 2. The van der Waals surface area contributed by atoms with Gasteiger partial charge >= 0.3 is 0 Å². The summed E-state index contributed by atoms with van der Waals surface area (Å²) in [6.45, 7) is 0.611. The van der Waals surface area contributed by atoms with Crippen molar-refractivity contribution in [3.8, 4) is 17.2 Å². The standard InChI is InChI=1S/C20H28N2O4/c1-24-16-11-15-17(19(26-3)18(16)25-2)14(12-22-15)9-10-21-20(23)13-7-5-4-6-8-13/h11-13,22H,4-10H2,1-3H3,(H,21,23). The molecule has 0 radical (unpaired) electrons. The summed E-state index contributed by atoms with van der Waals surface area (Å²) in [7, 11) is 4.83. The Morgan fingerprint density at radius 3 is 2.50 bits per heavy atom. The quantitative estimate of drug-likeness (QED) is 0.793. The molecular weight excluding hydrogens is 332 g/mol. The number of hydrogen-bond acceptors (Lipinski definition) is 4. The molecule has 0 spiro atoms. The second kappa shape index (κ2) is 8.34. The SMILES string of the molecule is COc1cc2[nH]cc(CCNC(=O)C3CCCCC3)c2c(OC)c1OC. The van der Waals surface area contributed by atoms with Crippen molar-refractivity contribution in [2.45, 2.75) is 38.5 Å². The van der Waals surface area contributed by atoms with E-state index < -0.39 is 0 Å². The smallest absolute Gasteiger partial charge is 0.223 e. The number of hydrogen-bond donors (Lipinski definition) is 2. The van der Waals surface area contributed by atoms with E-state index >= 15 is 0 Å². The molecule has 1 amide bonds. The van der Waals surface area contributed by atoms with Crippen molar-refractivity contribution in [2.75, 3.05) is 27.9 Å². The van der Waals surface area contributed by atoms with Crippen LogP contribution in [0.4, 0.5) is 0 Å². The predicted molar refractivity (Wildman–Crippen MR) is 101 cm³/mol. The predicted octanol–water partition coefficient (Wildman–Crippen LogP) is 3.43. The lowest BCUT2D eigenvalue weighted by molar-refractivity contribution is -0.125. The van der Waals surface area contributed by atoms with Crippen LogP contribution in [0.15, 0.2) is 12.3 Å². The summed E-state index contributed by atoms with van der Waals surface area (Å²) < 4.78 is 16.5. The average Bonchev–Trinajstić information content (AvgIpc) is 3.09. The van der Waals surface area contributed by atoms with Crippen molar-refractivity contribution < 1.29 is 19.0 Å². The zero-order chi connectivity index (χ0) is 18.5. The van der Waals surface area contributed by atoms with Gasteiger partial charge < -0.3 is 24.5 Å². The van der Waals surface area contributed by atoms with Gasteiger partial charge in [0.25, 0.3) is 0 Å². The summed E-state index contributed by atoms with van der Waals surface area (Å²) in [4.78, 5) is 15.6. The highest BCUT2D eigenvalue weighted by Gasteiger charge is 2.22. The van der Waals surface area contributed by atoms with Crippen molar-refractivity contribution in [3.05, 3.63) is 17.8 Å². The van der Waals surface area contributed by atoms with E-state index in [1.54, 1.807) is 21.3 Å².